The van der Waals surface area contributed by atoms with E-state index < -0.39 is 11.7 Å². The first-order chi connectivity index (χ1) is 11.0. The first kappa shape index (κ1) is 14.6. The molecule has 116 valence electrons. The molecular formula is C17H12O6. The third-order valence-corrected chi connectivity index (χ3v) is 3.23. The summed E-state index contributed by atoms with van der Waals surface area (Å²) in [6.45, 7) is 1.31. The lowest BCUT2D eigenvalue weighted by Crippen LogP contribution is -2.01. The van der Waals surface area contributed by atoms with Crippen molar-refractivity contribution in [1.82, 2.24) is 0 Å². The smallest absolute Gasteiger partial charge is 0.308 e. The third-order valence-electron chi connectivity index (χ3n) is 3.23. The van der Waals surface area contributed by atoms with Crippen molar-refractivity contribution in [3.8, 4) is 23.0 Å². The van der Waals surface area contributed by atoms with Gasteiger partial charge in [0.2, 0.25) is 11.5 Å². The van der Waals surface area contributed by atoms with Crippen LogP contribution < -0.4 is 9.47 Å². The normalized spacial score (nSPS) is 14.5. The highest BCUT2D eigenvalue weighted by molar-refractivity contribution is 6.15. The number of esters is 1. The minimum absolute atomic E-state index is 0.0288. The lowest BCUT2D eigenvalue weighted by Gasteiger charge is -2.03. The van der Waals surface area contributed by atoms with Gasteiger partial charge in [-0.1, -0.05) is 12.1 Å². The van der Waals surface area contributed by atoms with Crippen molar-refractivity contribution in [2.75, 3.05) is 0 Å². The molecule has 0 saturated carbocycles. The van der Waals surface area contributed by atoms with Crippen LogP contribution in [-0.2, 0) is 4.79 Å². The van der Waals surface area contributed by atoms with E-state index in [1.54, 1.807) is 24.3 Å². The Labute approximate surface area is 131 Å². The standard InChI is InChI=1S/C17H12O6/c1-9(18)22-11-4-2-10(3-5-11)8-14-15(20)12-6-7-13(19)16(21)17(12)23-14/h2-8,19,21H,1H3. The van der Waals surface area contributed by atoms with E-state index in [4.69, 9.17) is 9.47 Å². The van der Waals surface area contributed by atoms with E-state index in [2.05, 4.69) is 0 Å². The van der Waals surface area contributed by atoms with E-state index in [1.165, 1.54) is 25.1 Å². The summed E-state index contributed by atoms with van der Waals surface area (Å²) in [4.78, 5) is 23.1. The number of benzene rings is 2. The molecule has 2 N–H and O–H groups in total. The molecular weight excluding hydrogens is 300 g/mol. The summed E-state index contributed by atoms with van der Waals surface area (Å²) in [6.07, 6.45) is 1.50. The zero-order chi connectivity index (χ0) is 16.6. The van der Waals surface area contributed by atoms with Crippen LogP contribution in [0.4, 0.5) is 0 Å². The van der Waals surface area contributed by atoms with E-state index in [0.717, 1.165) is 0 Å². The van der Waals surface area contributed by atoms with Gasteiger partial charge < -0.3 is 19.7 Å². The first-order valence-corrected chi connectivity index (χ1v) is 6.73. The first-order valence-electron chi connectivity index (χ1n) is 6.73. The number of allylic oxidation sites excluding steroid dienone is 1. The molecule has 0 aromatic heterocycles. The average Bonchev–Trinajstić information content (AvgIpc) is 2.82. The van der Waals surface area contributed by atoms with Crippen LogP contribution in [0.2, 0.25) is 0 Å². The second kappa shape index (κ2) is 5.49. The molecule has 0 saturated heterocycles. The summed E-state index contributed by atoms with van der Waals surface area (Å²) in [6, 6.07) is 9.10. The molecule has 1 aliphatic rings. The number of hydrogen-bond donors (Lipinski definition) is 2. The summed E-state index contributed by atoms with van der Waals surface area (Å²) in [5.41, 5.74) is 0.837. The van der Waals surface area contributed by atoms with Crippen LogP contribution >= 0.6 is 0 Å². The van der Waals surface area contributed by atoms with Crippen molar-refractivity contribution in [1.29, 1.82) is 0 Å². The number of ketones is 1. The summed E-state index contributed by atoms with van der Waals surface area (Å²) < 4.78 is 10.3. The number of phenolic OH excluding ortho intramolecular Hbond substituents is 2. The maximum absolute atomic E-state index is 12.2. The fourth-order valence-electron chi connectivity index (χ4n) is 2.18. The van der Waals surface area contributed by atoms with Crippen LogP contribution in [0.5, 0.6) is 23.0 Å². The molecule has 0 unspecified atom stereocenters. The number of fused-ring (bicyclic) bond motifs is 1. The summed E-state index contributed by atoms with van der Waals surface area (Å²) >= 11 is 0. The van der Waals surface area contributed by atoms with Crippen molar-refractivity contribution >= 4 is 17.8 Å². The second-order valence-corrected chi connectivity index (χ2v) is 4.91. The number of phenols is 2. The van der Waals surface area contributed by atoms with E-state index in [9.17, 15) is 19.8 Å². The van der Waals surface area contributed by atoms with Crippen LogP contribution in [-0.4, -0.2) is 22.0 Å². The van der Waals surface area contributed by atoms with Gasteiger partial charge in [0.1, 0.15) is 5.75 Å². The van der Waals surface area contributed by atoms with Crippen molar-refractivity contribution in [2.45, 2.75) is 6.92 Å². The Morgan fingerprint density at radius 2 is 1.83 bits per heavy atom. The zero-order valence-corrected chi connectivity index (χ0v) is 12.1. The molecule has 2 aromatic rings. The highest BCUT2D eigenvalue weighted by Gasteiger charge is 2.31. The SMILES string of the molecule is CC(=O)Oc1ccc(C=C2Oc3c(ccc(O)c3O)C2=O)cc1. The highest BCUT2D eigenvalue weighted by Crippen LogP contribution is 2.44. The zero-order valence-electron chi connectivity index (χ0n) is 12.1. The number of rotatable bonds is 2. The van der Waals surface area contributed by atoms with Gasteiger partial charge in [-0.15, -0.1) is 0 Å². The Bertz CT molecular complexity index is 833. The largest absolute Gasteiger partial charge is 0.504 e. The molecule has 0 aliphatic carbocycles. The Morgan fingerprint density at radius 3 is 2.48 bits per heavy atom. The molecule has 0 atom stereocenters. The Balaban J connectivity index is 1.88. The van der Waals surface area contributed by atoms with E-state index in [1.807, 2.05) is 0 Å². The van der Waals surface area contributed by atoms with Crippen LogP contribution in [0.1, 0.15) is 22.8 Å². The monoisotopic (exact) mass is 312 g/mol. The lowest BCUT2D eigenvalue weighted by molar-refractivity contribution is -0.131. The molecule has 2 aromatic carbocycles. The molecule has 0 radical (unpaired) electrons. The quantitative estimate of drug-likeness (QED) is 0.383. The molecule has 0 amide bonds. The summed E-state index contributed by atoms with van der Waals surface area (Å²) in [5, 5.41) is 19.2. The van der Waals surface area contributed by atoms with Crippen molar-refractivity contribution in [3.63, 3.8) is 0 Å². The van der Waals surface area contributed by atoms with Gasteiger partial charge in [-0.05, 0) is 35.9 Å². The topological polar surface area (TPSA) is 93.1 Å². The van der Waals surface area contributed by atoms with E-state index in [0.29, 0.717) is 11.3 Å². The van der Waals surface area contributed by atoms with E-state index >= 15 is 0 Å². The maximum atomic E-state index is 12.2. The van der Waals surface area contributed by atoms with Crippen LogP contribution in [0, 0.1) is 0 Å². The van der Waals surface area contributed by atoms with Gasteiger partial charge in [0.25, 0.3) is 0 Å². The molecule has 0 bridgehead atoms. The predicted molar refractivity (Wildman–Crippen MR) is 80.5 cm³/mol. The van der Waals surface area contributed by atoms with Crippen LogP contribution in [0.3, 0.4) is 0 Å². The lowest BCUT2D eigenvalue weighted by atomic mass is 10.1. The molecule has 6 heteroatoms. The van der Waals surface area contributed by atoms with Crippen molar-refractivity contribution in [3.05, 3.63) is 53.3 Å². The van der Waals surface area contributed by atoms with Gasteiger partial charge in [0.15, 0.2) is 17.3 Å². The number of carbonyl (C=O) groups excluding carboxylic acids is 2. The number of ether oxygens (including phenoxy) is 2. The van der Waals surface area contributed by atoms with Crippen LogP contribution in [0.25, 0.3) is 6.08 Å². The van der Waals surface area contributed by atoms with Gasteiger partial charge in [0, 0.05) is 6.92 Å². The maximum Gasteiger partial charge on any atom is 0.308 e. The summed E-state index contributed by atoms with van der Waals surface area (Å²) in [5.74, 6) is -1.27. The number of hydrogen-bond acceptors (Lipinski definition) is 6. The van der Waals surface area contributed by atoms with Crippen molar-refractivity contribution in [2.24, 2.45) is 0 Å². The highest BCUT2D eigenvalue weighted by atomic mass is 16.5. The minimum Gasteiger partial charge on any atom is -0.504 e. The van der Waals surface area contributed by atoms with Gasteiger partial charge in [-0.3, -0.25) is 9.59 Å². The molecule has 0 spiro atoms. The van der Waals surface area contributed by atoms with Crippen LogP contribution in [0.15, 0.2) is 42.2 Å². The van der Waals surface area contributed by atoms with E-state index in [-0.39, 0.29) is 28.6 Å². The third kappa shape index (κ3) is 2.74. The summed E-state index contributed by atoms with van der Waals surface area (Å²) in [7, 11) is 0. The van der Waals surface area contributed by atoms with Gasteiger partial charge in [-0.25, -0.2) is 0 Å². The van der Waals surface area contributed by atoms with Gasteiger partial charge >= 0.3 is 5.97 Å². The number of Topliss-reactive ketones (excluding diaryl/α,β-unsaturated/α-hetero) is 1. The second-order valence-electron chi connectivity index (χ2n) is 4.91. The molecule has 1 aliphatic heterocycles. The molecule has 23 heavy (non-hydrogen) atoms. The number of carbonyl (C=O) groups is 2. The van der Waals surface area contributed by atoms with Crippen molar-refractivity contribution < 1.29 is 29.3 Å². The van der Waals surface area contributed by atoms with Gasteiger partial charge in [-0.2, -0.15) is 0 Å². The average molecular weight is 312 g/mol. The molecule has 3 rings (SSSR count). The van der Waals surface area contributed by atoms with Gasteiger partial charge in [0.05, 0.1) is 5.56 Å². The minimum atomic E-state index is -0.468. The fraction of sp³-hybridized carbons (Fsp3) is 0.0588. The fourth-order valence-corrected chi connectivity index (χ4v) is 2.18. The molecule has 1 heterocycles. The Kier molecular flexibility index (Phi) is 3.50. The predicted octanol–water partition coefficient (Wildman–Crippen LogP) is 2.64. The molecule has 0 fully saturated rings. The Morgan fingerprint density at radius 1 is 1.13 bits per heavy atom. The Hall–Kier alpha value is -3.28. The molecule has 6 nitrogen and oxygen atoms in total. The number of aromatic hydroxyl groups is 2.